The van der Waals surface area contributed by atoms with Gasteiger partial charge in [-0.2, -0.15) is 15.0 Å². The minimum absolute atomic E-state index is 0.403. The van der Waals surface area contributed by atoms with Crippen LogP contribution in [-0.4, -0.2) is 55.4 Å². The molecule has 30 heavy (non-hydrogen) atoms. The maximum absolute atomic E-state index is 5.48. The molecule has 0 aliphatic carbocycles. The van der Waals surface area contributed by atoms with Crippen molar-refractivity contribution in [3.05, 3.63) is 48.5 Å². The number of benzene rings is 2. The smallest absolute Gasteiger partial charge is 0.234 e. The molecule has 0 unspecified atom stereocenters. The zero-order valence-corrected chi connectivity index (χ0v) is 17.1. The molecular weight excluding hydrogens is 382 g/mol. The van der Waals surface area contributed by atoms with Crippen LogP contribution in [0.25, 0.3) is 0 Å². The molecule has 9 heteroatoms. The number of aromatic nitrogens is 3. The summed E-state index contributed by atoms with van der Waals surface area (Å²) >= 11 is 0. The Morgan fingerprint density at radius 2 is 1.43 bits per heavy atom. The molecule has 0 radical (unpaired) electrons. The lowest BCUT2D eigenvalue weighted by molar-refractivity contribution is 0.398. The number of hydrogen-bond acceptors (Lipinski definition) is 9. The number of anilines is 5. The predicted octanol–water partition coefficient (Wildman–Crippen LogP) is 2.79. The molecule has 1 fully saturated rings. The Kier molecular flexibility index (Phi) is 6.09. The fourth-order valence-electron chi connectivity index (χ4n) is 3.22. The lowest BCUT2D eigenvalue weighted by Gasteiger charge is -2.27. The summed E-state index contributed by atoms with van der Waals surface area (Å²) in [5, 5.41) is 9.86. The van der Waals surface area contributed by atoms with Gasteiger partial charge in [0.25, 0.3) is 0 Å². The van der Waals surface area contributed by atoms with Gasteiger partial charge in [-0.25, -0.2) is 0 Å². The number of nitrogens with one attached hydrogen (secondary N) is 3. The third-order valence-electron chi connectivity index (χ3n) is 4.72. The predicted molar refractivity (Wildman–Crippen MR) is 117 cm³/mol. The third-order valence-corrected chi connectivity index (χ3v) is 4.72. The molecule has 0 bridgehead atoms. The SMILES string of the molecule is COc1cccc(OC)c1Nc1nc(Nc2ccccc2)nc(N2CCNCC2)n1. The van der Waals surface area contributed by atoms with Crippen molar-refractivity contribution in [2.24, 2.45) is 0 Å². The van der Waals surface area contributed by atoms with Gasteiger partial charge < -0.3 is 30.3 Å². The van der Waals surface area contributed by atoms with Gasteiger partial charge in [0.15, 0.2) is 0 Å². The monoisotopic (exact) mass is 407 g/mol. The standard InChI is InChI=1S/C21H25N7O2/c1-29-16-9-6-10-17(30-2)18(16)24-20-25-19(23-15-7-4-3-5-8-15)26-21(27-20)28-13-11-22-12-14-28/h3-10,22H,11-14H2,1-2H3,(H2,23,24,25,26,27). The Labute approximate surface area is 175 Å². The average Bonchev–Trinajstić information content (AvgIpc) is 2.80. The van der Waals surface area contributed by atoms with Crippen molar-refractivity contribution >= 4 is 29.2 Å². The molecular formula is C21H25N7O2. The van der Waals surface area contributed by atoms with E-state index in [1.165, 1.54) is 0 Å². The fourth-order valence-corrected chi connectivity index (χ4v) is 3.22. The molecule has 0 amide bonds. The van der Waals surface area contributed by atoms with Gasteiger partial charge in [-0.3, -0.25) is 0 Å². The van der Waals surface area contributed by atoms with Crippen LogP contribution in [0.1, 0.15) is 0 Å². The highest BCUT2D eigenvalue weighted by molar-refractivity contribution is 5.71. The molecule has 1 saturated heterocycles. The van der Waals surface area contributed by atoms with Crippen LogP contribution in [0.3, 0.4) is 0 Å². The normalized spacial score (nSPS) is 13.6. The van der Waals surface area contributed by atoms with Gasteiger partial charge in [0.1, 0.15) is 17.2 Å². The number of para-hydroxylation sites is 2. The number of hydrogen-bond donors (Lipinski definition) is 3. The highest BCUT2D eigenvalue weighted by atomic mass is 16.5. The van der Waals surface area contributed by atoms with Crippen LogP contribution in [-0.2, 0) is 0 Å². The molecule has 2 aromatic carbocycles. The molecule has 2 heterocycles. The van der Waals surface area contributed by atoms with Gasteiger partial charge in [-0.05, 0) is 24.3 Å². The molecule has 3 N–H and O–H groups in total. The first-order valence-corrected chi connectivity index (χ1v) is 9.78. The zero-order chi connectivity index (χ0) is 20.8. The fraction of sp³-hybridized carbons (Fsp3) is 0.286. The van der Waals surface area contributed by atoms with E-state index in [1.807, 2.05) is 48.5 Å². The molecule has 0 atom stereocenters. The van der Waals surface area contributed by atoms with E-state index < -0.39 is 0 Å². The van der Waals surface area contributed by atoms with Crippen molar-refractivity contribution in [1.29, 1.82) is 0 Å². The molecule has 156 valence electrons. The Bertz CT molecular complexity index is 956. The van der Waals surface area contributed by atoms with E-state index >= 15 is 0 Å². The van der Waals surface area contributed by atoms with Crippen LogP contribution < -0.4 is 30.3 Å². The van der Waals surface area contributed by atoms with Crippen molar-refractivity contribution in [3.8, 4) is 11.5 Å². The quantitative estimate of drug-likeness (QED) is 0.546. The molecule has 9 nitrogen and oxygen atoms in total. The van der Waals surface area contributed by atoms with Crippen molar-refractivity contribution in [3.63, 3.8) is 0 Å². The van der Waals surface area contributed by atoms with Crippen molar-refractivity contribution in [2.75, 3.05) is 55.9 Å². The zero-order valence-electron chi connectivity index (χ0n) is 17.1. The highest BCUT2D eigenvalue weighted by Crippen LogP contribution is 2.36. The summed E-state index contributed by atoms with van der Waals surface area (Å²) < 4.78 is 11.0. The van der Waals surface area contributed by atoms with E-state index in [4.69, 9.17) is 9.47 Å². The Balaban J connectivity index is 1.70. The van der Waals surface area contributed by atoms with Crippen molar-refractivity contribution in [2.45, 2.75) is 0 Å². The Morgan fingerprint density at radius 3 is 2.07 bits per heavy atom. The lowest BCUT2D eigenvalue weighted by Crippen LogP contribution is -2.44. The van der Waals surface area contributed by atoms with Crippen LogP contribution in [0, 0.1) is 0 Å². The maximum Gasteiger partial charge on any atom is 0.234 e. The van der Waals surface area contributed by atoms with E-state index in [0.717, 1.165) is 31.9 Å². The number of ether oxygens (including phenoxy) is 2. The summed E-state index contributed by atoms with van der Waals surface area (Å²) in [6.45, 7) is 3.42. The third kappa shape index (κ3) is 4.52. The summed E-state index contributed by atoms with van der Waals surface area (Å²) in [6.07, 6.45) is 0. The molecule has 1 aliphatic heterocycles. The van der Waals surface area contributed by atoms with Gasteiger partial charge >= 0.3 is 0 Å². The molecule has 0 saturated carbocycles. The summed E-state index contributed by atoms with van der Waals surface area (Å²) in [7, 11) is 3.23. The van der Waals surface area contributed by atoms with Gasteiger partial charge in [0, 0.05) is 31.9 Å². The Morgan fingerprint density at radius 1 is 0.800 bits per heavy atom. The summed E-state index contributed by atoms with van der Waals surface area (Å²) in [6, 6.07) is 15.4. The lowest BCUT2D eigenvalue weighted by atomic mass is 10.2. The largest absolute Gasteiger partial charge is 0.494 e. The number of nitrogens with zero attached hydrogens (tertiary/aromatic N) is 4. The topological polar surface area (TPSA) is 96.5 Å². The molecule has 1 aromatic heterocycles. The number of rotatable bonds is 7. The van der Waals surface area contributed by atoms with Gasteiger partial charge in [-0.15, -0.1) is 0 Å². The summed E-state index contributed by atoms with van der Waals surface area (Å²) in [4.78, 5) is 16.0. The van der Waals surface area contributed by atoms with E-state index in [0.29, 0.717) is 35.0 Å². The Hall–Kier alpha value is -3.59. The van der Waals surface area contributed by atoms with E-state index in [-0.39, 0.29) is 0 Å². The average molecular weight is 407 g/mol. The van der Waals surface area contributed by atoms with Crippen LogP contribution in [0.5, 0.6) is 11.5 Å². The summed E-state index contributed by atoms with van der Waals surface area (Å²) in [5.74, 6) is 2.74. The first-order chi connectivity index (χ1) is 14.8. The van der Waals surface area contributed by atoms with E-state index in [1.54, 1.807) is 14.2 Å². The first kappa shape index (κ1) is 19.7. The second kappa shape index (κ2) is 9.27. The number of piperazine rings is 1. The second-order valence-corrected chi connectivity index (χ2v) is 6.67. The van der Waals surface area contributed by atoms with Gasteiger partial charge in [-0.1, -0.05) is 24.3 Å². The van der Waals surface area contributed by atoms with Crippen LogP contribution in [0.4, 0.5) is 29.2 Å². The van der Waals surface area contributed by atoms with Crippen LogP contribution >= 0.6 is 0 Å². The summed E-state index contributed by atoms with van der Waals surface area (Å²) in [5.41, 5.74) is 1.56. The van der Waals surface area contributed by atoms with E-state index in [9.17, 15) is 0 Å². The van der Waals surface area contributed by atoms with E-state index in [2.05, 4.69) is 35.8 Å². The van der Waals surface area contributed by atoms with Gasteiger partial charge in [0.05, 0.1) is 14.2 Å². The first-order valence-electron chi connectivity index (χ1n) is 9.78. The van der Waals surface area contributed by atoms with Gasteiger partial charge in [0.2, 0.25) is 17.8 Å². The minimum Gasteiger partial charge on any atom is -0.494 e. The molecule has 0 spiro atoms. The maximum atomic E-state index is 5.48. The number of methoxy groups -OCH3 is 2. The molecule has 3 aromatic rings. The molecule has 1 aliphatic rings. The van der Waals surface area contributed by atoms with Crippen molar-refractivity contribution in [1.82, 2.24) is 20.3 Å². The molecule has 4 rings (SSSR count). The minimum atomic E-state index is 0.403. The van der Waals surface area contributed by atoms with Crippen LogP contribution in [0.2, 0.25) is 0 Å². The van der Waals surface area contributed by atoms with Crippen molar-refractivity contribution < 1.29 is 9.47 Å². The second-order valence-electron chi connectivity index (χ2n) is 6.67. The highest BCUT2D eigenvalue weighted by Gasteiger charge is 2.18. The van der Waals surface area contributed by atoms with Crippen LogP contribution in [0.15, 0.2) is 48.5 Å².